The number of likely N-dealkylation sites (tertiary alicyclic amines) is 1. The minimum absolute atomic E-state index is 0.158. The van der Waals surface area contributed by atoms with E-state index in [1.807, 2.05) is 42.5 Å². The minimum Gasteiger partial charge on any atom is -0.393 e. The average Bonchev–Trinajstić information content (AvgIpc) is 2.61. The third-order valence-corrected chi connectivity index (χ3v) is 4.19. The predicted molar refractivity (Wildman–Crippen MR) is 94.7 cm³/mol. The van der Waals surface area contributed by atoms with Crippen molar-refractivity contribution >= 4 is 5.70 Å². The van der Waals surface area contributed by atoms with Gasteiger partial charge in [-0.05, 0) is 42.7 Å². The Bertz CT molecular complexity index is 714. The Kier molecular flexibility index (Phi) is 4.80. The van der Waals surface area contributed by atoms with Gasteiger partial charge in [-0.1, -0.05) is 48.8 Å². The lowest BCUT2D eigenvalue weighted by Gasteiger charge is -2.33. The third kappa shape index (κ3) is 4.03. The molecule has 0 unspecified atom stereocenters. The standard InChI is InChI=1S/C21H21NO/c1-17(22-15-13-21(23)14-16-22)20-11-9-19(10-12-20)8-7-18-5-3-2-4-6-18/h2-6,9-12,21,23H,1,13-16H2. The minimum atomic E-state index is -0.158. The molecule has 0 aromatic heterocycles. The number of aliphatic hydroxyl groups is 1. The molecule has 2 nitrogen and oxygen atoms in total. The summed E-state index contributed by atoms with van der Waals surface area (Å²) < 4.78 is 0. The Morgan fingerprint density at radius 3 is 2.09 bits per heavy atom. The van der Waals surface area contributed by atoms with Gasteiger partial charge in [0.25, 0.3) is 0 Å². The number of aliphatic hydroxyl groups excluding tert-OH is 1. The summed E-state index contributed by atoms with van der Waals surface area (Å²) in [4.78, 5) is 2.25. The quantitative estimate of drug-likeness (QED) is 0.858. The zero-order valence-electron chi connectivity index (χ0n) is 13.2. The van der Waals surface area contributed by atoms with Crippen LogP contribution in [0.3, 0.4) is 0 Å². The molecule has 23 heavy (non-hydrogen) atoms. The number of benzene rings is 2. The molecule has 2 aromatic carbocycles. The summed E-state index contributed by atoms with van der Waals surface area (Å²) in [5, 5.41) is 9.60. The third-order valence-electron chi connectivity index (χ3n) is 4.19. The highest BCUT2D eigenvalue weighted by atomic mass is 16.3. The van der Waals surface area contributed by atoms with E-state index in [0.29, 0.717) is 0 Å². The molecule has 1 saturated heterocycles. The monoisotopic (exact) mass is 303 g/mol. The first-order chi connectivity index (χ1) is 11.2. The smallest absolute Gasteiger partial charge is 0.0574 e. The van der Waals surface area contributed by atoms with E-state index in [0.717, 1.165) is 48.3 Å². The summed E-state index contributed by atoms with van der Waals surface area (Å²) in [6.07, 6.45) is 1.48. The fourth-order valence-corrected chi connectivity index (χ4v) is 2.73. The number of rotatable bonds is 2. The highest BCUT2D eigenvalue weighted by Crippen LogP contribution is 2.22. The van der Waals surface area contributed by atoms with Gasteiger partial charge in [-0.25, -0.2) is 0 Å². The maximum atomic E-state index is 9.60. The van der Waals surface area contributed by atoms with Crippen molar-refractivity contribution in [2.45, 2.75) is 18.9 Å². The molecule has 1 N–H and O–H groups in total. The van der Waals surface area contributed by atoms with Gasteiger partial charge in [0.1, 0.15) is 0 Å². The Morgan fingerprint density at radius 2 is 1.48 bits per heavy atom. The topological polar surface area (TPSA) is 23.5 Å². The zero-order chi connectivity index (χ0) is 16.1. The lowest BCUT2D eigenvalue weighted by molar-refractivity contribution is 0.106. The molecular weight excluding hydrogens is 282 g/mol. The van der Waals surface area contributed by atoms with Crippen LogP contribution in [0, 0.1) is 11.8 Å². The van der Waals surface area contributed by atoms with Gasteiger partial charge in [0.15, 0.2) is 0 Å². The second-order valence-electron chi connectivity index (χ2n) is 5.86. The fourth-order valence-electron chi connectivity index (χ4n) is 2.73. The molecule has 1 aliphatic rings. The SMILES string of the molecule is C=C(c1ccc(C#Cc2ccccc2)cc1)N1CCC(O)CC1. The number of piperidine rings is 1. The van der Waals surface area contributed by atoms with Crippen molar-refractivity contribution in [2.24, 2.45) is 0 Å². The van der Waals surface area contributed by atoms with E-state index in [4.69, 9.17) is 0 Å². The molecule has 0 radical (unpaired) electrons. The highest BCUT2D eigenvalue weighted by molar-refractivity contribution is 5.63. The first-order valence-electron chi connectivity index (χ1n) is 8.02. The van der Waals surface area contributed by atoms with Crippen molar-refractivity contribution in [3.8, 4) is 11.8 Å². The molecule has 0 bridgehead atoms. The van der Waals surface area contributed by atoms with Crippen LogP contribution in [0.15, 0.2) is 61.2 Å². The average molecular weight is 303 g/mol. The molecular formula is C21H21NO. The van der Waals surface area contributed by atoms with E-state index in [-0.39, 0.29) is 6.10 Å². The summed E-state index contributed by atoms with van der Waals surface area (Å²) in [6.45, 7) is 5.95. The first kappa shape index (κ1) is 15.4. The molecule has 0 saturated carbocycles. The van der Waals surface area contributed by atoms with Crippen molar-refractivity contribution in [1.82, 2.24) is 4.90 Å². The Hall–Kier alpha value is -2.50. The van der Waals surface area contributed by atoms with E-state index in [9.17, 15) is 5.11 Å². The molecule has 1 fully saturated rings. The van der Waals surface area contributed by atoms with Crippen molar-refractivity contribution < 1.29 is 5.11 Å². The normalized spacial score (nSPS) is 14.9. The molecule has 1 aliphatic heterocycles. The lowest BCUT2D eigenvalue weighted by Crippen LogP contribution is -2.34. The van der Waals surface area contributed by atoms with Crippen LogP contribution in [0.25, 0.3) is 5.70 Å². The summed E-state index contributed by atoms with van der Waals surface area (Å²) in [5.74, 6) is 6.35. The Labute approximate surface area is 138 Å². The maximum absolute atomic E-state index is 9.60. The number of hydrogen-bond acceptors (Lipinski definition) is 2. The van der Waals surface area contributed by atoms with Gasteiger partial charge in [-0.3, -0.25) is 0 Å². The van der Waals surface area contributed by atoms with Gasteiger partial charge in [0.2, 0.25) is 0 Å². The molecule has 3 rings (SSSR count). The molecule has 2 heteroatoms. The maximum Gasteiger partial charge on any atom is 0.0574 e. The molecule has 2 aromatic rings. The second kappa shape index (κ2) is 7.17. The van der Waals surface area contributed by atoms with E-state index >= 15 is 0 Å². The summed E-state index contributed by atoms with van der Waals surface area (Å²) in [7, 11) is 0. The van der Waals surface area contributed by atoms with E-state index < -0.39 is 0 Å². The van der Waals surface area contributed by atoms with E-state index in [1.54, 1.807) is 0 Å². The van der Waals surface area contributed by atoms with Crippen molar-refractivity contribution in [2.75, 3.05) is 13.1 Å². The Morgan fingerprint density at radius 1 is 0.913 bits per heavy atom. The summed E-state index contributed by atoms with van der Waals surface area (Å²) in [6, 6.07) is 18.2. The van der Waals surface area contributed by atoms with Gasteiger partial charge in [-0.2, -0.15) is 0 Å². The van der Waals surface area contributed by atoms with Gasteiger partial charge in [0.05, 0.1) is 6.10 Å². The van der Waals surface area contributed by atoms with E-state index in [2.05, 4.69) is 35.5 Å². The van der Waals surface area contributed by atoms with Crippen LogP contribution in [0.2, 0.25) is 0 Å². The van der Waals surface area contributed by atoms with Gasteiger partial charge >= 0.3 is 0 Å². The largest absolute Gasteiger partial charge is 0.393 e. The number of hydrogen-bond donors (Lipinski definition) is 1. The van der Waals surface area contributed by atoms with Crippen LogP contribution in [0.4, 0.5) is 0 Å². The molecule has 0 amide bonds. The number of nitrogens with zero attached hydrogens (tertiary/aromatic N) is 1. The first-order valence-corrected chi connectivity index (χ1v) is 8.02. The molecule has 0 aliphatic carbocycles. The van der Waals surface area contributed by atoms with Crippen LogP contribution in [0.1, 0.15) is 29.5 Å². The van der Waals surface area contributed by atoms with E-state index in [1.165, 1.54) is 0 Å². The summed E-state index contributed by atoms with van der Waals surface area (Å²) >= 11 is 0. The van der Waals surface area contributed by atoms with Crippen LogP contribution < -0.4 is 0 Å². The second-order valence-corrected chi connectivity index (χ2v) is 5.86. The summed E-state index contributed by atoms with van der Waals surface area (Å²) in [5.41, 5.74) is 4.17. The van der Waals surface area contributed by atoms with Crippen molar-refractivity contribution in [3.05, 3.63) is 77.9 Å². The lowest BCUT2D eigenvalue weighted by atomic mass is 10.0. The van der Waals surface area contributed by atoms with Gasteiger partial charge in [0, 0.05) is 29.9 Å². The van der Waals surface area contributed by atoms with Crippen LogP contribution >= 0.6 is 0 Å². The predicted octanol–water partition coefficient (Wildman–Crippen LogP) is 3.51. The van der Waals surface area contributed by atoms with Crippen molar-refractivity contribution in [1.29, 1.82) is 0 Å². The van der Waals surface area contributed by atoms with Crippen LogP contribution in [0.5, 0.6) is 0 Å². The molecule has 0 spiro atoms. The van der Waals surface area contributed by atoms with Gasteiger partial charge < -0.3 is 10.0 Å². The van der Waals surface area contributed by atoms with Crippen molar-refractivity contribution in [3.63, 3.8) is 0 Å². The molecule has 1 heterocycles. The Balaban J connectivity index is 1.67. The molecule has 0 atom stereocenters. The molecule has 116 valence electrons. The van der Waals surface area contributed by atoms with Crippen LogP contribution in [-0.2, 0) is 0 Å². The fraction of sp³-hybridized carbons (Fsp3) is 0.238. The highest BCUT2D eigenvalue weighted by Gasteiger charge is 2.18. The van der Waals surface area contributed by atoms with Crippen LogP contribution in [-0.4, -0.2) is 29.2 Å². The van der Waals surface area contributed by atoms with Gasteiger partial charge in [-0.15, -0.1) is 0 Å². The zero-order valence-corrected chi connectivity index (χ0v) is 13.2.